The van der Waals surface area contributed by atoms with E-state index in [1.165, 1.54) is 0 Å². The van der Waals surface area contributed by atoms with Gasteiger partial charge in [-0.05, 0) is 122 Å². The number of hydrogen-bond donors (Lipinski definition) is 2. The number of aryl methyl sites for hydroxylation is 2. The maximum absolute atomic E-state index is 12.3. The Hall–Kier alpha value is -6.54. The summed E-state index contributed by atoms with van der Waals surface area (Å²) in [5, 5.41) is 5.68. The molecule has 8 nitrogen and oxygen atoms in total. The fraction of sp³-hybridized carbons (Fsp3) is 0.156. The van der Waals surface area contributed by atoms with Crippen molar-refractivity contribution in [3.05, 3.63) is 168 Å². The van der Waals surface area contributed by atoms with Crippen molar-refractivity contribution < 1.29 is 28.5 Å². The number of rotatable bonds is 14. The molecule has 0 fully saturated rings. The van der Waals surface area contributed by atoms with Crippen LogP contribution in [-0.4, -0.2) is 25.0 Å². The van der Waals surface area contributed by atoms with Gasteiger partial charge in [0.2, 0.25) is 0 Å². The minimum atomic E-state index is -0.275. The van der Waals surface area contributed by atoms with Crippen LogP contribution in [0.15, 0.2) is 146 Å². The Morgan fingerprint density at radius 3 is 1.04 bits per heavy atom. The van der Waals surface area contributed by atoms with Crippen LogP contribution in [0, 0.1) is 13.8 Å². The minimum absolute atomic E-state index is 0.0766. The zero-order chi connectivity index (χ0) is 37.2. The molecule has 268 valence electrons. The summed E-state index contributed by atoms with van der Waals surface area (Å²) in [5.74, 6) is 3.54. The maximum atomic E-state index is 12.3. The van der Waals surface area contributed by atoms with Gasteiger partial charge >= 0.3 is 0 Å². The summed E-state index contributed by atoms with van der Waals surface area (Å²) in [6.07, 6.45) is 0. The van der Waals surface area contributed by atoms with Gasteiger partial charge in [0.05, 0.1) is 0 Å². The summed E-state index contributed by atoms with van der Waals surface area (Å²) in [7, 11) is 0. The average molecular weight is 707 g/mol. The van der Waals surface area contributed by atoms with Gasteiger partial charge in [-0.15, -0.1) is 0 Å². The molecule has 0 aromatic heterocycles. The molecule has 8 heteroatoms. The van der Waals surface area contributed by atoms with Gasteiger partial charge in [-0.25, -0.2) is 0 Å². The number of hydrogen-bond acceptors (Lipinski definition) is 6. The first kappa shape index (κ1) is 36.3. The molecule has 6 rings (SSSR count). The molecule has 0 bridgehead atoms. The van der Waals surface area contributed by atoms with Crippen LogP contribution in [-0.2, 0) is 15.0 Å². The third kappa shape index (κ3) is 10.3. The minimum Gasteiger partial charge on any atom is -0.484 e. The van der Waals surface area contributed by atoms with Crippen LogP contribution in [0.5, 0.6) is 34.5 Å². The van der Waals surface area contributed by atoms with Gasteiger partial charge in [-0.1, -0.05) is 73.5 Å². The van der Waals surface area contributed by atoms with Gasteiger partial charge in [0, 0.05) is 16.8 Å². The topological polar surface area (TPSA) is 95.1 Å². The van der Waals surface area contributed by atoms with Crippen molar-refractivity contribution in [3.8, 4) is 34.5 Å². The number of anilines is 2. The Morgan fingerprint density at radius 2 is 0.717 bits per heavy atom. The summed E-state index contributed by atoms with van der Waals surface area (Å²) in [6.45, 7) is 8.20. The van der Waals surface area contributed by atoms with Crippen molar-refractivity contribution in [2.75, 3.05) is 23.8 Å². The van der Waals surface area contributed by atoms with Crippen LogP contribution in [0.1, 0.15) is 36.1 Å². The second-order valence-corrected chi connectivity index (χ2v) is 13.2. The van der Waals surface area contributed by atoms with E-state index in [1.807, 2.05) is 111 Å². The molecule has 0 saturated carbocycles. The molecule has 0 atom stereocenters. The van der Waals surface area contributed by atoms with E-state index in [-0.39, 0.29) is 30.4 Å². The third-order valence-electron chi connectivity index (χ3n) is 8.68. The summed E-state index contributed by atoms with van der Waals surface area (Å²) >= 11 is 0. The SMILES string of the molecule is Cc1ccc(OCC(=O)Nc2ccc(Oc3ccc(C(C)(C)c4ccc(Oc5ccc(NC(=O)COc6ccc(C)cc6)cc5)cc4)cc3)cc2)cc1. The molecule has 0 heterocycles. The highest BCUT2D eigenvalue weighted by atomic mass is 16.5. The lowest BCUT2D eigenvalue weighted by Gasteiger charge is -2.26. The lowest BCUT2D eigenvalue weighted by atomic mass is 9.78. The highest BCUT2D eigenvalue weighted by Crippen LogP contribution is 2.35. The zero-order valence-corrected chi connectivity index (χ0v) is 30.2. The van der Waals surface area contributed by atoms with E-state index >= 15 is 0 Å². The molecule has 0 spiro atoms. The third-order valence-corrected chi connectivity index (χ3v) is 8.68. The Labute approximate surface area is 310 Å². The quantitative estimate of drug-likeness (QED) is 0.117. The lowest BCUT2D eigenvalue weighted by molar-refractivity contribution is -0.118. The van der Waals surface area contributed by atoms with Gasteiger partial charge < -0.3 is 29.6 Å². The second-order valence-electron chi connectivity index (χ2n) is 13.2. The van der Waals surface area contributed by atoms with Gasteiger partial charge in [0.15, 0.2) is 13.2 Å². The largest absolute Gasteiger partial charge is 0.484 e. The van der Waals surface area contributed by atoms with Crippen LogP contribution < -0.4 is 29.6 Å². The molecule has 6 aromatic rings. The van der Waals surface area contributed by atoms with E-state index in [0.29, 0.717) is 45.9 Å². The Bertz CT molecular complexity index is 1950. The van der Waals surface area contributed by atoms with E-state index < -0.39 is 0 Å². The molecular weight excluding hydrogens is 665 g/mol. The maximum Gasteiger partial charge on any atom is 0.262 e. The van der Waals surface area contributed by atoms with Gasteiger partial charge in [-0.2, -0.15) is 0 Å². The van der Waals surface area contributed by atoms with E-state index in [1.54, 1.807) is 24.3 Å². The molecule has 53 heavy (non-hydrogen) atoms. The number of carbonyl (C=O) groups excluding carboxylic acids is 2. The van der Waals surface area contributed by atoms with Gasteiger partial charge in [0.25, 0.3) is 11.8 Å². The number of nitrogens with one attached hydrogen (secondary N) is 2. The van der Waals surface area contributed by atoms with E-state index in [9.17, 15) is 9.59 Å². The van der Waals surface area contributed by atoms with E-state index in [0.717, 1.165) is 22.3 Å². The predicted molar refractivity (Wildman–Crippen MR) is 209 cm³/mol. The molecule has 0 saturated heterocycles. The monoisotopic (exact) mass is 706 g/mol. The molecule has 2 N–H and O–H groups in total. The van der Waals surface area contributed by atoms with Crippen molar-refractivity contribution in [2.24, 2.45) is 0 Å². The van der Waals surface area contributed by atoms with E-state index in [2.05, 4.69) is 48.7 Å². The fourth-order valence-corrected chi connectivity index (χ4v) is 5.49. The fourth-order valence-electron chi connectivity index (χ4n) is 5.49. The Kier molecular flexibility index (Phi) is 11.4. The van der Waals surface area contributed by atoms with Crippen molar-refractivity contribution in [1.82, 2.24) is 0 Å². The second kappa shape index (κ2) is 16.7. The van der Waals surface area contributed by atoms with Crippen LogP contribution in [0.2, 0.25) is 0 Å². The molecular formula is C45H42N2O6. The Balaban J connectivity index is 0.966. The number of ether oxygens (including phenoxy) is 4. The highest BCUT2D eigenvalue weighted by Gasteiger charge is 2.23. The smallest absolute Gasteiger partial charge is 0.262 e. The van der Waals surface area contributed by atoms with E-state index in [4.69, 9.17) is 18.9 Å². The predicted octanol–water partition coefficient (Wildman–Crippen LogP) is 10.2. The van der Waals surface area contributed by atoms with Crippen molar-refractivity contribution >= 4 is 23.2 Å². The number of amides is 2. The molecule has 0 aliphatic heterocycles. The van der Waals surface area contributed by atoms with Crippen LogP contribution in [0.4, 0.5) is 11.4 Å². The molecule has 0 aliphatic carbocycles. The first-order valence-corrected chi connectivity index (χ1v) is 17.3. The average Bonchev–Trinajstić information content (AvgIpc) is 3.16. The number of benzene rings is 6. The molecule has 0 unspecified atom stereocenters. The summed E-state index contributed by atoms with van der Waals surface area (Å²) in [5.41, 5.74) is 5.56. The molecule has 2 amide bonds. The van der Waals surface area contributed by atoms with Crippen LogP contribution >= 0.6 is 0 Å². The van der Waals surface area contributed by atoms with Gasteiger partial charge in [0.1, 0.15) is 34.5 Å². The van der Waals surface area contributed by atoms with Crippen LogP contribution in [0.3, 0.4) is 0 Å². The number of carbonyl (C=O) groups is 2. The Morgan fingerprint density at radius 1 is 0.434 bits per heavy atom. The molecule has 0 radical (unpaired) electrons. The van der Waals surface area contributed by atoms with Gasteiger partial charge in [-0.3, -0.25) is 9.59 Å². The first-order chi connectivity index (χ1) is 25.6. The molecule has 0 aliphatic rings. The zero-order valence-electron chi connectivity index (χ0n) is 30.2. The van der Waals surface area contributed by atoms with Crippen LogP contribution in [0.25, 0.3) is 0 Å². The van der Waals surface area contributed by atoms with Crippen molar-refractivity contribution in [2.45, 2.75) is 33.1 Å². The summed E-state index contributed by atoms with van der Waals surface area (Å²) in [6, 6.07) is 45.7. The van der Waals surface area contributed by atoms with Crippen molar-refractivity contribution in [3.63, 3.8) is 0 Å². The standard InChI is InChI=1S/C45H42N2O6/c1-31-5-17-37(18-6-31)50-29-43(48)46-35-13-25-41(26-14-35)52-39-21-9-33(10-22-39)45(3,4)34-11-23-40(24-12-34)53-42-27-15-36(16-28-42)47-44(49)30-51-38-19-7-32(2)8-20-38/h5-28H,29-30H2,1-4H3,(H,46,48)(H,47,49). The lowest BCUT2D eigenvalue weighted by Crippen LogP contribution is -2.20. The first-order valence-electron chi connectivity index (χ1n) is 17.3. The molecule has 6 aromatic carbocycles. The normalized spacial score (nSPS) is 10.9. The summed E-state index contributed by atoms with van der Waals surface area (Å²) < 4.78 is 23.3. The summed E-state index contributed by atoms with van der Waals surface area (Å²) in [4.78, 5) is 24.7. The van der Waals surface area contributed by atoms with Crippen molar-refractivity contribution in [1.29, 1.82) is 0 Å². The highest BCUT2D eigenvalue weighted by molar-refractivity contribution is 5.92.